The predicted octanol–water partition coefficient (Wildman–Crippen LogP) is 3.25. The number of benzene rings is 2. The molecule has 0 aliphatic carbocycles. The first-order chi connectivity index (χ1) is 9.66. The van der Waals surface area contributed by atoms with Crippen LogP contribution >= 0.6 is 0 Å². The zero-order chi connectivity index (χ0) is 14.1. The molecule has 3 rings (SSSR count). The van der Waals surface area contributed by atoms with Gasteiger partial charge in [0.15, 0.2) is 7.05 Å². The summed E-state index contributed by atoms with van der Waals surface area (Å²) in [6.07, 6.45) is 0.933. The van der Waals surface area contributed by atoms with Gasteiger partial charge in [0, 0.05) is 5.56 Å². The van der Waals surface area contributed by atoms with Crippen LogP contribution in [0.3, 0.4) is 0 Å². The van der Waals surface area contributed by atoms with Crippen LogP contribution in [0.15, 0.2) is 54.6 Å². The fourth-order valence-corrected chi connectivity index (χ4v) is 2.80. The van der Waals surface area contributed by atoms with E-state index in [0.717, 1.165) is 12.0 Å². The number of hydrogen-bond acceptors (Lipinski definition) is 1. The molecule has 1 aliphatic rings. The van der Waals surface area contributed by atoms with Crippen LogP contribution in [0.2, 0.25) is 0 Å². The molecule has 2 aromatic rings. The minimum atomic E-state index is -0.192. The van der Waals surface area contributed by atoms with E-state index in [4.69, 9.17) is 0 Å². The highest BCUT2D eigenvalue weighted by atomic mass is 19.1. The lowest BCUT2D eigenvalue weighted by Gasteiger charge is -2.16. The molecule has 1 unspecified atom stereocenters. The molecule has 0 fully saturated rings. The number of nitrogens with zero attached hydrogens (tertiary/aromatic N) is 2. The molecule has 1 atom stereocenters. The van der Waals surface area contributed by atoms with Crippen molar-refractivity contribution >= 4 is 5.71 Å². The molecule has 0 radical (unpaired) electrons. The molecule has 2 aromatic carbocycles. The normalized spacial score (nSPS) is 18.8. The van der Waals surface area contributed by atoms with Crippen LogP contribution in [0.25, 0.3) is 0 Å². The maximum atomic E-state index is 13.1. The van der Waals surface area contributed by atoms with E-state index in [0.29, 0.717) is 6.04 Å². The fraction of sp³-hybridized carbons (Fsp3) is 0.235. The molecule has 20 heavy (non-hydrogen) atoms. The Balaban J connectivity index is 1.92. The monoisotopic (exact) mass is 269 g/mol. The smallest absolute Gasteiger partial charge is 0.207 e. The Morgan fingerprint density at radius 3 is 2.35 bits per heavy atom. The topological polar surface area (TPSA) is 6.25 Å². The van der Waals surface area contributed by atoms with E-state index >= 15 is 0 Å². The van der Waals surface area contributed by atoms with Crippen molar-refractivity contribution in [1.29, 1.82) is 0 Å². The maximum absolute atomic E-state index is 13.1. The van der Waals surface area contributed by atoms with Crippen LogP contribution in [0.1, 0.15) is 23.6 Å². The lowest BCUT2D eigenvalue weighted by molar-refractivity contribution is -0.660. The molecule has 0 aromatic heterocycles. The van der Waals surface area contributed by atoms with Gasteiger partial charge in [-0.05, 0) is 29.8 Å². The van der Waals surface area contributed by atoms with Gasteiger partial charge in [-0.2, -0.15) is 5.01 Å². The molecular weight excluding hydrogens is 251 g/mol. The van der Waals surface area contributed by atoms with Crippen molar-refractivity contribution in [2.75, 3.05) is 14.1 Å². The molecule has 2 nitrogen and oxygen atoms in total. The largest absolute Gasteiger partial charge is 0.215 e. The van der Waals surface area contributed by atoms with E-state index in [2.05, 4.69) is 48.1 Å². The van der Waals surface area contributed by atoms with Crippen molar-refractivity contribution in [1.82, 2.24) is 5.01 Å². The van der Waals surface area contributed by atoms with Gasteiger partial charge in [0.25, 0.3) is 0 Å². The Morgan fingerprint density at radius 2 is 1.70 bits per heavy atom. The molecule has 0 N–H and O–H groups in total. The second-order valence-corrected chi connectivity index (χ2v) is 5.18. The summed E-state index contributed by atoms with van der Waals surface area (Å²) in [5.41, 5.74) is 3.61. The first-order valence-corrected chi connectivity index (χ1v) is 6.80. The summed E-state index contributed by atoms with van der Waals surface area (Å²) in [5.74, 6) is -0.192. The summed E-state index contributed by atoms with van der Waals surface area (Å²) in [4.78, 5) is 0. The van der Waals surface area contributed by atoms with Gasteiger partial charge >= 0.3 is 0 Å². The third-order valence-electron chi connectivity index (χ3n) is 4.06. The highest BCUT2D eigenvalue weighted by Crippen LogP contribution is 2.30. The summed E-state index contributed by atoms with van der Waals surface area (Å²) in [5, 5.41) is 2.23. The van der Waals surface area contributed by atoms with E-state index < -0.39 is 0 Å². The van der Waals surface area contributed by atoms with Crippen molar-refractivity contribution in [3.8, 4) is 0 Å². The zero-order valence-electron chi connectivity index (χ0n) is 11.8. The lowest BCUT2D eigenvalue weighted by Crippen LogP contribution is -2.27. The zero-order valence-corrected chi connectivity index (χ0v) is 11.8. The van der Waals surface area contributed by atoms with Gasteiger partial charge in [-0.15, -0.1) is 4.68 Å². The summed E-state index contributed by atoms with van der Waals surface area (Å²) >= 11 is 0. The van der Waals surface area contributed by atoms with E-state index in [9.17, 15) is 4.39 Å². The van der Waals surface area contributed by atoms with E-state index in [1.165, 1.54) is 23.4 Å². The molecule has 0 saturated carbocycles. The summed E-state index contributed by atoms with van der Waals surface area (Å²) in [6.45, 7) is 0. The molecule has 1 heterocycles. The van der Waals surface area contributed by atoms with Gasteiger partial charge in [-0.25, -0.2) is 4.39 Å². The average Bonchev–Trinajstić information content (AvgIpc) is 2.77. The molecule has 102 valence electrons. The maximum Gasteiger partial charge on any atom is 0.215 e. The Labute approximate surface area is 118 Å². The Kier molecular flexibility index (Phi) is 3.26. The van der Waals surface area contributed by atoms with Crippen molar-refractivity contribution in [3.05, 3.63) is 71.5 Å². The highest BCUT2D eigenvalue weighted by Gasteiger charge is 2.36. The minimum Gasteiger partial charge on any atom is -0.207 e. The Bertz CT molecular complexity index is 632. The average molecular weight is 269 g/mol. The highest BCUT2D eigenvalue weighted by molar-refractivity contribution is 5.97. The Hall–Kier alpha value is -2.16. The van der Waals surface area contributed by atoms with E-state index in [1.54, 1.807) is 0 Å². The predicted molar refractivity (Wildman–Crippen MR) is 78.3 cm³/mol. The minimum absolute atomic E-state index is 0.192. The Morgan fingerprint density at radius 1 is 1.05 bits per heavy atom. The van der Waals surface area contributed by atoms with Crippen molar-refractivity contribution in [3.63, 3.8) is 0 Å². The van der Waals surface area contributed by atoms with Crippen molar-refractivity contribution in [2.45, 2.75) is 12.5 Å². The first kappa shape index (κ1) is 12.9. The molecule has 0 bridgehead atoms. The number of hydrogen-bond donors (Lipinski definition) is 0. The number of halogens is 1. The van der Waals surface area contributed by atoms with Gasteiger partial charge in [0.05, 0.1) is 13.5 Å². The summed E-state index contributed by atoms with van der Waals surface area (Å²) in [6, 6.07) is 17.6. The third-order valence-corrected chi connectivity index (χ3v) is 4.06. The van der Waals surface area contributed by atoms with Crippen LogP contribution in [-0.4, -0.2) is 29.5 Å². The number of hydrazone groups is 1. The standard InChI is InChI=1S/C17H18FN2/c1-19-16(13-6-4-3-5-7-13)12-17(20(19)2)14-8-10-15(18)11-9-14/h3-11,16H,12H2,1-2H3/q+1. The van der Waals surface area contributed by atoms with Gasteiger partial charge in [-0.3, -0.25) is 0 Å². The molecule has 0 saturated heterocycles. The molecule has 3 heteroatoms. The van der Waals surface area contributed by atoms with Crippen LogP contribution < -0.4 is 0 Å². The van der Waals surface area contributed by atoms with Gasteiger partial charge in [-0.1, -0.05) is 30.3 Å². The first-order valence-electron chi connectivity index (χ1n) is 6.80. The van der Waals surface area contributed by atoms with E-state index in [-0.39, 0.29) is 5.82 Å². The lowest BCUT2D eigenvalue weighted by atomic mass is 9.99. The van der Waals surface area contributed by atoms with Crippen LogP contribution in [0.4, 0.5) is 4.39 Å². The molecular formula is C17H18FN2+. The van der Waals surface area contributed by atoms with Gasteiger partial charge in [0.2, 0.25) is 5.71 Å². The SMILES string of the molecule is CN1C(c2ccccc2)CC(c2ccc(F)cc2)=[N+]1C. The second-order valence-electron chi connectivity index (χ2n) is 5.18. The van der Waals surface area contributed by atoms with Gasteiger partial charge < -0.3 is 0 Å². The summed E-state index contributed by atoms with van der Waals surface area (Å²) < 4.78 is 15.2. The fourth-order valence-electron chi connectivity index (χ4n) is 2.80. The molecule has 1 aliphatic heterocycles. The summed E-state index contributed by atoms with van der Waals surface area (Å²) in [7, 11) is 4.15. The quantitative estimate of drug-likeness (QED) is 0.759. The third kappa shape index (κ3) is 2.20. The van der Waals surface area contributed by atoms with Crippen LogP contribution in [0, 0.1) is 5.82 Å². The van der Waals surface area contributed by atoms with Gasteiger partial charge in [0.1, 0.15) is 11.9 Å². The van der Waals surface area contributed by atoms with Crippen molar-refractivity contribution < 1.29 is 9.07 Å². The van der Waals surface area contributed by atoms with E-state index in [1.807, 2.05) is 18.2 Å². The number of hydrazine groups is 1. The van der Waals surface area contributed by atoms with Crippen LogP contribution in [-0.2, 0) is 0 Å². The molecule has 0 amide bonds. The van der Waals surface area contributed by atoms with Crippen molar-refractivity contribution in [2.24, 2.45) is 0 Å². The second kappa shape index (κ2) is 5.08. The number of rotatable bonds is 2. The van der Waals surface area contributed by atoms with Crippen LogP contribution in [0.5, 0.6) is 0 Å². The molecule has 0 spiro atoms.